The fourth-order valence-electron chi connectivity index (χ4n) is 2.12. The number of nitrogens with zero attached hydrogens (tertiary/aromatic N) is 1. The molecule has 1 saturated heterocycles. The summed E-state index contributed by atoms with van der Waals surface area (Å²) >= 11 is 0. The lowest BCUT2D eigenvalue weighted by atomic mass is 9.96. The number of rotatable bonds is 4. The van der Waals surface area contributed by atoms with E-state index in [1.807, 2.05) is 0 Å². The molecule has 1 fully saturated rings. The second kappa shape index (κ2) is 7.61. The Labute approximate surface area is 118 Å². The predicted octanol–water partition coefficient (Wildman–Crippen LogP) is 3.52. The van der Waals surface area contributed by atoms with E-state index in [1.54, 1.807) is 0 Å². The minimum absolute atomic E-state index is 0.0574. The Balaban J connectivity index is 0.000000621. The summed E-state index contributed by atoms with van der Waals surface area (Å²) in [5, 5.41) is 0. The Morgan fingerprint density at radius 2 is 1.25 bits per heavy atom. The van der Waals surface area contributed by atoms with E-state index >= 15 is 0 Å². The van der Waals surface area contributed by atoms with Gasteiger partial charge in [0.1, 0.15) is 0 Å². The maximum atomic E-state index is 9.75. The van der Waals surface area contributed by atoms with Gasteiger partial charge in [-0.1, -0.05) is 13.8 Å². The van der Waals surface area contributed by atoms with Gasteiger partial charge in [0, 0.05) is 5.41 Å². The molecule has 0 amide bonds. The molecule has 0 unspecified atom stereocenters. The van der Waals surface area contributed by atoms with Gasteiger partial charge in [0.05, 0.1) is 32.8 Å². The van der Waals surface area contributed by atoms with Crippen LogP contribution in [0.5, 0.6) is 0 Å². The van der Waals surface area contributed by atoms with Crippen LogP contribution in [0.2, 0.25) is 0 Å². The van der Waals surface area contributed by atoms with E-state index in [4.69, 9.17) is 9.47 Å². The van der Waals surface area contributed by atoms with Crippen LogP contribution in [-0.2, 0) is 9.47 Å². The first kappa shape index (κ1) is 19.7. The molecule has 0 N–H and O–H groups in total. The third kappa shape index (κ3) is 6.90. The summed E-state index contributed by atoms with van der Waals surface area (Å²) in [7, 11) is -6.00. The maximum absolute atomic E-state index is 9.75. The van der Waals surface area contributed by atoms with Crippen molar-refractivity contribution in [2.75, 3.05) is 32.8 Å². The zero-order chi connectivity index (χ0) is 16.0. The van der Waals surface area contributed by atoms with Crippen molar-refractivity contribution < 1.29 is 31.2 Å². The van der Waals surface area contributed by atoms with E-state index in [2.05, 4.69) is 34.6 Å². The van der Waals surface area contributed by atoms with Crippen molar-refractivity contribution in [1.29, 1.82) is 0 Å². The molecule has 1 rings (SSSR count). The average molecular weight is 303 g/mol. The van der Waals surface area contributed by atoms with Gasteiger partial charge in [-0.2, -0.15) is 0 Å². The number of hydrogen-bond donors (Lipinski definition) is 0. The normalized spacial score (nSPS) is 20.2. The molecular weight excluding hydrogens is 277 g/mol. The van der Waals surface area contributed by atoms with Crippen molar-refractivity contribution in [3.05, 3.63) is 0 Å². The topological polar surface area (TPSA) is 18.5 Å². The number of halogens is 4. The summed E-state index contributed by atoms with van der Waals surface area (Å²) < 4.78 is 51.7. The van der Waals surface area contributed by atoms with E-state index in [0.717, 1.165) is 37.3 Å². The van der Waals surface area contributed by atoms with Crippen LogP contribution in [0.4, 0.5) is 17.3 Å². The summed E-state index contributed by atoms with van der Waals surface area (Å²) in [4.78, 5) is 0. The summed E-state index contributed by atoms with van der Waals surface area (Å²) in [5.74, 6) is 0. The Morgan fingerprint density at radius 1 is 0.950 bits per heavy atom. The van der Waals surface area contributed by atoms with E-state index < -0.39 is 7.25 Å². The lowest BCUT2D eigenvalue weighted by molar-refractivity contribution is -0.993. The van der Waals surface area contributed by atoms with Crippen LogP contribution in [0.3, 0.4) is 0 Å². The summed E-state index contributed by atoms with van der Waals surface area (Å²) in [6.45, 7) is 15.8. The SMILES string of the molecule is CC[N+](CC)(CC)C1OCC(C)(C)CO1.F[B-](F)(F)F. The lowest BCUT2D eigenvalue weighted by Crippen LogP contribution is -2.60. The molecule has 1 heterocycles. The number of hydrogen-bond acceptors (Lipinski definition) is 2. The Kier molecular flexibility index (Phi) is 7.48. The lowest BCUT2D eigenvalue weighted by Gasteiger charge is -2.45. The molecule has 0 atom stereocenters. The van der Waals surface area contributed by atoms with Crippen molar-refractivity contribution in [2.24, 2.45) is 5.41 Å². The molecule has 0 aromatic heterocycles. The molecule has 0 bridgehead atoms. The van der Waals surface area contributed by atoms with Crippen molar-refractivity contribution in [3.8, 4) is 0 Å². The van der Waals surface area contributed by atoms with Gasteiger partial charge >= 0.3 is 13.7 Å². The van der Waals surface area contributed by atoms with Crippen LogP contribution in [0.25, 0.3) is 0 Å². The summed E-state index contributed by atoms with van der Waals surface area (Å²) in [5.41, 5.74) is 0.168. The van der Waals surface area contributed by atoms with Crippen molar-refractivity contribution in [2.45, 2.75) is 41.0 Å². The Bertz CT molecular complexity index is 259. The van der Waals surface area contributed by atoms with Crippen LogP contribution < -0.4 is 0 Å². The molecule has 8 heteroatoms. The molecule has 20 heavy (non-hydrogen) atoms. The molecule has 0 aliphatic carbocycles. The second-order valence-corrected chi connectivity index (χ2v) is 5.76. The highest BCUT2D eigenvalue weighted by atomic mass is 19.5. The van der Waals surface area contributed by atoms with Crippen molar-refractivity contribution in [1.82, 2.24) is 0 Å². The van der Waals surface area contributed by atoms with Crippen LogP contribution in [0.1, 0.15) is 34.6 Å². The van der Waals surface area contributed by atoms with Crippen molar-refractivity contribution in [3.63, 3.8) is 0 Å². The highest BCUT2D eigenvalue weighted by Gasteiger charge is 2.40. The first-order chi connectivity index (χ1) is 8.99. The van der Waals surface area contributed by atoms with Gasteiger partial charge in [-0.25, -0.2) is 0 Å². The maximum Gasteiger partial charge on any atom is 0.673 e. The van der Waals surface area contributed by atoms with Gasteiger partial charge in [-0.05, 0) is 20.8 Å². The molecule has 0 aromatic rings. The monoisotopic (exact) mass is 303 g/mol. The van der Waals surface area contributed by atoms with E-state index in [1.165, 1.54) is 0 Å². The second-order valence-electron chi connectivity index (χ2n) is 5.76. The summed E-state index contributed by atoms with van der Waals surface area (Å²) in [6.07, 6.45) is -0.0574. The quantitative estimate of drug-likeness (QED) is 0.449. The van der Waals surface area contributed by atoms with Crippen LogP contribution in [-0.4, -0.2) is 51.0 Å². The van der Waals surface area contributed by atoms with Gasteiger partial charge in [0.25, 0.3) is 0 Å². The fraction of sp³-hybridized carbons (Fsp3) is 1.00. The van der Waals surface area contributed by atoms with Gasteiger partial charge in [0.15, 0.2) is 0 Å². The van der Waals surface area contributed by atoms with Crippen molar-refractivity contribution >= 4 is 7.25 Å². The zero-order valence-corrected chi connectivity index (χ0v) is 13.0. The molecule has 0 aromatic carbocycles. The minimum atomic E-state index is -6.00. The minimum Gasteiger partial charge on any atom is -0.418 e. The van der Waals surface area contributed by atoms with Gasteiger partial charge in [-0.15, -0.1) is 0 Å². The Hall–Kier alpha value is -0.335. The van der Waals surface area contributed by atoms with E-state index in [9.17, 15) is 17.3 Å². The molecule has 0 radical (unpaired) electrons. The largest absolute Gasteiger partial charge is 0.673 e. The summed E-state index contributed by atoms with van der Waals surface area (Å²) in [6, 6.07) is 0. The first-order valence-corrected chi connectivity index (χ1v) is 6.96. The van der Waals surface area contributed by atoms with Gasteiger partial charge < -0.3 is 26.7 Å². The Morgan fingerprint density at radius 3 is 1.50 bits per heavy atom. The third-order valence-electron chi connectivity index (χ3n) is 3.57. The van der Waals surface area contributed by atoms with Crippen LogP contribution >= 0.6 is 0 Å². The zero-order valence-electron chi connectivity index (χ0n) is 13.0. The molecule has 0 saturated carbocycles. The molecule has 0 spiro atoms. The van der Waals surface area contributed by atoms with E-state index in [-0.39, 0.29) is 11.8 Å². The highest BCUT2D eigenvalue weighted by Crippen LogP contribution is 2.27. The highest BCUT2D eigenvalue weighted by molar-refractivity contribution is 6.50. The standard InChI is InChI=1S/C12H26NO2.BF4/c1-6-13(7-2,8-3)11-14-9-12(4,5)10-15-11;2-1(3,4)5/h11H,6-10H2,1-5H3;/q+1;-1. The average Bonchev–Trinajstić information content (AvgIpc) is 2.31. The van der Waals surface area contributed by atoms with Crippen LogP contribution in [0.15, 0.2) is 0 Å². The third-order valence-corrected chi connectivity index (χ3v) is 3.57. The molecular formula is C12H26BF4NO2. The fourth-order valence-corrected chi connectivity index (χ4v) is 2.12. The molecule has 122 valence electrons. The van der Waals surface area contributed by atoms with Crippen LogP contribution in [0, 0.1) is 5.41 Å². The van der Waals surface area contributed by atoms with E-state index in [0.29, 0.717) is 0 Å². The molecule has 1 aliphatic heterocycles. The molecule has 1 aliphatic rings. The predicted molar refractivity (Wildman–Crippen MR) is 71.5 cm³/mol. The first-order valence-electron chi connectivity index (χ1n) is 6.96. The smallest absolute Gasteiger partial charge is 0.418 e. The number of ether oxygens (including phenoxy) is 2. The van der Waals surface area contributed by atoms with Gasteiger partial charge in [-0.3, -0.25) is 4.48 Å². The molecule has 3 nitrogen and oxygen atoms in total. The van der Waals surface area contributed by atoms with Gasteiger partial charge in [0.2, 0.25) is 0 Å². The number of quaternary nitrogens is 1.